The van der Waals surface area contributed by atoms with Crippen molar-refractivity contribution >= 4 is 39.1 Å². The first-order chi connectivity index (χ1) is 5.63. The molecule has 1 atom stereocenters. The third-order valence-electron chi connectivity index (χ3n) is 1.52. The highest BCUT2D eigenvalue weighted by atomic mass is 79.9. The molecule has 0 spiro atoms. The minimum atomic E-state index is 0.334. The maximum atomic E-state index is 5.81. The zero-order valence-corrected chi connectivity index (χ0v) is 9.62. The lowest BCUT2D eigenvalue weighted by atomic mass is 10.1. The number of rotatable bonds is 2. The van der Waals surface area contributed by atoms with E-state index in [0.29, 0.717) is 16.1 Å². The molecule has 66 valence electrons. The van der Waals surface area contributed by atoms with Crippen LogP contribution < -0.4 is 0 Å². The van der Waals surface area contributed by atoms with Gasteiger partial charge in [0.25, 0.3) is 0 Å². The van der Waals surface area contributed by atoms with Gasteiger partial charge in [0.1, 0.15) is 5.15 Å². The van der Waals surface area contributed by atoms with Crippen LogP contribution in [0.15, 0.2) is 12.1 Å². The first kappa shape index (κ1) is 10.3. The average Bonchev–Trinajstić information content (AvgIpc) is 2.01. The summed E-state index contributed by atoms with van der Waals surface area (Å²) in [5.74, 6) is 0.334. The van der Waals surface area contributed by atoms with Crippen LogP contribution in [0, 0.1) is 0 Å². The molecule has 12 heavy (non-hydrogen) atoms. The Bertz CT molecular complexity index is 258. The van der Waals surface area contributed by atoms with Gasteiger partial charge in [0.2, 0.25) is 0 Å². The van der Waals surface area contributed by atoms with E-state index in [1.54, 1.807) is 6.07 Å². The summed E-state index contributed by atoms with van der Waals surface area (Å²) in [6.45, 7) is 2.06. The summed E-state index contributed by atoms with van der Waals surface area (Å²) in [7, 11) is 0. The van der Waals surface area contributed by atoms with E-state index in [9.17, 15) is 0 Å². The van der Waals surface area contributed by atoms with E-state index in [1.807, 2.05) is 6.07 Å². The summed E-state index contributed by atoms with van der Waals surface area (Å²) in [5.41, 5.74) is 0.921. The maximum absolute atomic E-state index is 5.81. The van der Waals surface area contributed by atoms with Gasteiger partial charge >= 0.3 is 0 Å². The SMILES string of the molecule is CC(CBr)c1cc(Cl)cc(Cl)n1. The number of hydrogen-bond acceptors (Lipinski definition) is 1. The summed E-state index contributed by atoms with van der Waals surface area (Å²) >= 11 is 14.9. The lowest BCUT2D eigenvalue weighted by Crippen LogP contribution is -1.97. The number of hydrogen-bond donors (Lipinski definition) is 0. The Hall–Kier alpha value is 0.210. The second kappa shape index (κ2) is 4.45. The molecule has 1 aromatic rings. The van der Waals surface area contributed by atoms with Crippen molar-refractivity contribution in [2.75, 3.05) is 5.33 Å². The van der Waals surface area contributed by atoms with Gasteiger partial charge in [0, 0.05) is 22.0 Å². The minimum absolute atomic E-state index is 0.334. The monoisotopic (exact) mass is 267 g/mol. The van der Waals surface area contributed by atoms with Gasteiger partial charge in [-0.3, -0.25) is 0 Å². The molecule has 1 heterocycles. The Labute approximate surface area is 90.2 Å². The van der Waals surface area contributed by atoms with Gasteiger partial charge in [-0.1, -0.05) is 46.1 Å². The standard InChI is InChI=1S/C8H8BrCl2N/c1-5(4-9)7-2-6(10)3-8(11)12-7/h2-3,5H,4H2,1H3. The molecule has 0 aliphatic rings. The lowest BCUT2D eigenvalue weighted by Gasteiger charge is -2.07. The number of alkyl halides is 1. The van der Waals surface area contributed by atoms with Crippen LogP contribution in [0.2, 0.25) is 10.2 Å². The lowest BCUT2D eigenvalue weighted by molar-refractivity contribution is 0.841. The summed E-state index contributed by atoms with van der Waals surface area (Å²) in [5, 5.41) is 1.94. The van der Waals surface area contributed by atoms with Gasteiger partial charge in [-0.2, -0.15) is 0 Å². The molecule has 0 fully saturated rings. The van der Waals surface area contributed by atoms with Crippen molar-refractivity contribution in [3.05, 3.63) is 28.0 Å². The third kappa shape index (κ3) is 2.61. The molecule has 0 saturated heterocycles. The zero-order valence-electron chi connectivity index (χ0n) is 6.52. The number of aromatic nitrogens is 1. The van der Waals surface area contributed by atoms with Crippen molar-refractivity contribution in [1.29, 1.82) is 0 Å². The van der Waals surface area contributed by atoms with E-state index < -0.39 is 0 Å². The smallest absolute Gasteiger partial charge is 0.130 e. The van der Waals surface area contributed by atoms with Crippen molar-refractivity contribution in [3.8, 4) is 0 Å². The average molecular weight is 269 g/mol. The first-order valence-corrected chi connectivity index (χ1v) is 5.40. The first-order valence-electron chi connectivity index (χ1n) is 3.52. The fraction of sp³-hybridized carbons (Fsp3) is 0.375. The van der Waals surface area contributed by atoms with E-state index in [0.717, 1.165) is 11.0 Å². The quantitative estimate of drug-likeness (QED) is 0.586. The summed E-state index contributed by atoms with van der Waals surface area (Å²) in [6, 6.07) is 3.47. The molecular formula is C8H8BrCl2N. The van der Waals surface area contributed by atoms with E-state index >= 15 is 0 Å². The molecule has 0 amide bonds. The summed E-state index contributed by atoms with van der Waals surface area (Å²) in [6.07, 6.45) is 0. The molecule has 0 aromatic carbocycles. The topological polar surface area (TPSA) is 12.9 Å². The van der Waals surface area contributed by atoms with Crippen LogP contribution in [-0.4, -0.2) is 10.3 Å². The van der Waals surface area contributed by atoms with Gasteiger partial charge in [-0.05, 0) is 12.1 Å². The Kier molecular flexibility index (Phi) is 3.81. The Morgan fingerprint density at radius 1 is 1.50 bits per heavy atom. The second-order valence-corrected chi connectivity index (χ2v) is 4.06. The largest absolute Gasteiger partial charge is 0.241 e. The molecule has 1 rings (SSSR count). The zero-order chi connectivity index (χ0) is 9.14. The van der Waals surface area contributed by atoms with Crippen LogP contribution in [0.5, 0.6) is 0 Å². The predicted molar refractivity (Wildman–Crippen MR) is 56.5 cm³/mol. The van der Waals surface area contributed by atoms with E-state index in [-0.39, 0.29) is 0 Å². The Morgan fingerprint density at radius 3 is 2.67 bits per heavy atom. The van der Waals surface area contributed by atoms with Crippen molar-refractivity contribution in [1.82, 2.24) is 4.98 Å². The Morgan fingerprint density at radius 2 is 2.17 bits per heavy atom. The minimum Gasteiger partial charge on any atom is -0.241 e. The van der Waals surface area contributed by atoms with Crippen LogP contribution in [-0.2, 0) is 0 Å². The molecule has 1 nitrogen and oxygen atoms in total. The van der Waals surface area contributed by atoms with Crippen molar-refractivity contribution in [3.63, 3.8) is 0 Å². The van der Waals surface area contributed by atoms with Gasteiger partial charge < -0.3 is 0 Å². The van der Waals surface area contributed by atoms with E-state index in [1.165, 1.54) is 0 Å². The highest BCUT2D eigenvalue weighted by Gasteiger charge is 2.06. The molecule has 4 heteroatoms. The highest BCUT2D eigenvalue weighted by Crippen LogP contribution is 2.22. The molecule has 1 unspecified atom stereocenters. The normalized spacial score (nSPS) is 13.0. The van der Waals surface area contributed by atoms with Crippen LogP contribution in [0.1, 0.15) is 18.5 Å². The van der Waals surface area contributed by atoms with Crippen LogP contribution in [0.3, 0.4) is 0 Å². The van der Waals surface area contributed by atoms with Crippen LogP contribution in [0.25, 0.3) is 0 Å². The number of pyridine rings is 1. The number of halogens is 3. The molecule has 0 aliphatic carbocycles. The fourth-order valence-electron chi connectivity index (χ4n) is 0.816. The molecule has 0 saturated carbocycles. The second-order valence-electron chi connectivity index (χ2n) is 2.59. The molecule has 1 aromatic heterocycles. The molecule has 0 aliphatic heterocycles. The van der Waals surface area contributed by atoms with Crippen molar-refractivity contribution in [2.24, 2.45) is 0 Å². The highest BCUT2D eigenvalue weighted by molar-refractivity contribution is 9.09. The number of nitrogens with zero attached hydrogens (tertiary/aromatic N) is 1. The summed E-state index contributed by atoms with van der Waals surface area (Å²) in [4.78, 5) is 4.16. The molecular weight excluding hydrogens is 261 g/mol. The maximum Gasteiger partial charge on any atom is 0.130 e. The molecule has 0 bridgehead atoms. The van der Waals surface area contributed by atoms with Crippen molar-refractivity contribution in [2.45, 2.75) is 12.8 Å². The van der Waals surface area contributed by atoms with Crippen LogP contribution in [0.4, 0.5) is 0 Å². The fourth-order valence-corrected chi connectivity index (χ4v) is 1.63. The van der Waals surface area contributed by atoms with E-state index in [2.05, 4.69) is 27.8 Å². The van der Waals surface area contributed by atoms with Gasteiger partial charge in [-0.15, -0.1) is 0 Å². The Balaban J connectivity index is 3.00. The van der Waals surface area contributed by atoms with Crippen molar-refractivity contribution < 1.29 is 0 Å². The molecule has 0 radical (unpaired) electrons. The third-order valence-corrected chi connectivity index (χ3v) is 2.90. The molecule has 0 N–H and O–H groups in total. The van der Waals surface area contributed by atoms with E-state index in [4.69, 9.17) is 23.2 Å². The van der Waals surface area contributed by atoms with Crippen LogP contribution >= 0.6 is 39.1 Å². The van der Waals surface area contributed by atoms with Gasteiger partial charge in [-0.25, -0.2) is 4.98 Å². The predicted octanol–water partition coefficient (Wildman–Crippen LogP) is 3.89. The van der Waals surface area contributed by atoms with Gasteiger partial charge in [0.05, 0.1) is 0 Å². The van der Waals surface area contributed by atoms with Gasteiger partial charge in [0.15, 0.2) is 0 Å². The summed E-state index contributed by atoms with van der Waals surface area (Å²) < 4.78 is 0.